The van der Waals surface area contributed by atoms with Crippen LogP contribution in [0, 0.1) is 6.57 Å². The third-order valence-corrected chi connectivity index (χ3v) is 3.76. The zero-order chi connectivity index (χ0) is 19.4. The number of anilines is 1. The Morgan fingerprint density at radius 1 is 1.31 bits per heavy atom. The molecule has 8 heteroatoms. The third kappa shape index (κ3) is 4.80. The molecule has 26 heavy (non-hydrogen) atoms. The minimum atomic E-state index is -4.72. The summed E-state index contributed by atoms with van der Waals surface area (Å²) in [6.07, 6.45) is -2.77. The van der Waals surface area contributed by atoms with Gasteiger partial charge in [-0.05, 0) is 44.0 Å². The number of hydrogen-bond donors (Lipinski definition) is 2. The lowest BCUT2D eigenvalue weighted by atomic mass is 9.97. The van der Waals surface area contributed by atoms with Gasteiger partial charge in [0.05, 0.1) is 12.1 Å². The van der Waals surface area contributed by atoms with Crippen LogP contribution in [0.1, 0.15) is 24.6 Å². The first kappa shape index (κ1) is 19.4. The van der Waals surface area contributed by atoms with Crippen molar-refractivity contribution in [3.05, 3.63) is 65.3 Å². The van der Waals surface area contributed by atoms with Gasteiger partial charge in [-0.2, -0.15) is 13.2 Å². The van der Waals surface area contributed by atoms with E-state index in [0.29, 0.717) is 18.2 Å². The molecule has 0 bridgehead atoms. The maximum atomic E-state index is 13.0. The lowest BCUT2D eigenvalue weighted by Gasteiger charge is -2.22. The largest absolute Gasteiger partial charge is 0.407 e. The normalized spacial score (nSPS) is 13.5. The number of aromatic nitrogens is 1. The molecular formula is C18H16F3N3O2. The molecule has 1 aromatic carbocycles. The number of nitrogens with one attached hydrogen (secondary N) is 1. The Labute approximate surface area is 148 Å². The van der Waals surface area contributed by atoms with Crippen LogP contribution in [0.15, 0.2) is 42.6 Å². The van der Waals surface area contributed by atoms with E-state index in [1.165, 1.54) is 13.0 Å². The Kier molecular flexibility index (Phi) is 5.63. The number of aliphatic hydroxyl groups is 1. The summed E-state index contributed by atoms with van der Waals surface area (Å²) in [6.45, 7) is 8.09. The Morgan fingerprint density at radius 3 is 2.62 bits per heavy atom. The maximum Gasteiger partial charge on any atom is 0.407 e. The van der Waals surface area contributed by atoms with E-state index >= 15 is 0 Å². The van der Waals surface area contributed by atoms with Crippen LogP contribution in [0.25, 0.3) is 4.85 Å². The second kappa shape index (κ2) is 7.54. The van der Waals surface area contributed by atoms with Crippen molar-refractivity contribution < 1.29 is 23.1 Å². The Morgan fingerprint density at radius 2 is 2.04 bits per heavy atom. The van der Waals surface area contributed by atoms with Crippen molar-refractivity contribution in [3.8, 4) is 0 Å². The molecule has 0 radical (unpaired) electrons. The van der Waals surface area contributed by atoms with Crippen LogP contribution in [0.2, 0.25) is 0 Å². The molecule has 1 heterocycles. The van der Waals surface area contributed by atoms with Crippen LogP contribution >= 0.6 is 0 Å². The van der Waals surface area contributed by atoms with Gasteiger partial charge in [0, 0.05) is 17.6 Å². The second-order valence-electron chi connectivity index (χ2n) is 5.89. The van der Waals surface area contributed by atoms with Gasteiger partial charge in [0.25, 0.3) is 5.91 Å². The molecule has 136 valence electrons. The first-order chi connectivity index (χ1) is 12.1. The fourth-order valence-corrected chi connectivity index (χ4v) is 2.24. The number of carbonyl (C=O) groups excluding carboxylic acids is 1. The highest BCUT2D eigenvalue weighted by atomic mass is 19.4. The maximum absolute atomic E-state index is 13.0. The predicted molar refractivity (Wildman–Crippen MR) is 89.5 cm³/mol. The molecule has 0 unspecified atom stereocenters. The highest BCUT2D eigenvalue weighted by molar-refractivity contribution is 5.97. The highest BCUT2D eigenvalue weighted by Gasteiger charge is 2.35. The summed E-state index contributed by atoms with van der Waals surface area (Å²) in [5.74, 6) is -0.836. The predicted octanol–water partition coefficient (Wildman–Crippen LogP) is 3.97. The number of alkyl halides is 3. The summed E-state index contributed by atoms with van der Waals surface area (Å²) in [5, 5.41) is 12.6. The van der Waals surface area contributed by atoms with E-state index in [2.05, 4.69) is 15.1 Å². The zero-order valence-electron chi connectivity index (χ0n) is 13.8. The molecule has 0 saturated heterocycles. The van der Waals surface area contributed by atoms with Crippen LogP contribution in [-0.4, -0.2) is 21.6 Å². The molecular weight excluding hydrogens is 347 g/mol. The number of benzene rings is 1. The van der Waals surface area contributed by atoms with Gasteiger partial charge < -0.3 is 10.4 Å². The number of hydrogen-bond acceptors (Lipinski definition) is 3. The summed E-state index contributed by atoms with van der Waals surface area (Å²) in [4.78, 5) is 19.2. The van der Waals surface area contributed by atoms with E-state index in [1.807, 2.05) is 0 Å². The van der Waals surface area contributed by atoms with Gasteiger partial charge >= 0.3 is 6.18 Å². The van der Waals surface area contributed by atoms with Crippen molar-refractivity contribution in [2.45, 2.75) is 31.5 Å². The van der Waals surface area contributed by atoms with Gasteiger partial charge in [-0.1, -0.05) is 12.1 Å². The molecule has 1 aromatic heterocycles. The minimum Gasteiger partial charge on any atom is -0.380 e. The van der Waals surface area contributed by atoms with E-state index < -0.39 is 28.9 Å². The monoisotopic (exact) mass is 363 g/mol. The fourth-order valence-electron chi connectivity index (χ4n) is 2.24. The highest BCUT2D eigenvalue weighted by Crippen LogP contribution is 2.38. The van der Waals surface area contributed by atoms with Crippen molar-refractivity contribution in [3.63, 3.8) is 0 Å². The number of rotatable bonds is 5. The molecule has 0 fully saturated rings. The average molecular weight is 363 g/mol. The summed E-state index contributed by atoms with van der Waals surface area (Å²) in [7, 11) is 0. The zero-order valence-corrected chi connectivity index (χ0v) is 13.8. The number of carbonyl (C=O) groups is 1. The Bertz CT molecular complexity index is 828. The van der Waals surface area contributed by atoms with Gasteiger partial charge in [0.2, 0.25) is 0 Å². The van der Waals surface area contributed by atoms with E-state index in [-0.39, 0.29) is 12.1 Å². The second-order valence-corrected chi connectivity index (χ2v) is 5.89. The van der Waals surface area contributed by atoms with E-state index in [0.717, 1.165) is 6.07 Å². The minimum absolute atomic E-state index is 0.0438. The summed E-state index contributed by atoms with van der Waals surface area (Å²) >= 11 is 0. The summed E-state index contributed by atoms with van der Waals surface area (Å²) < 4.78 is 38.9. The summed E-state index contributed by atoms with van der Waals surface area (Å²) in [5.41, 5.74) is -2.96. The number of pyridine rings is 1. The molecule has 0 aliphatic carbocycles. The Balaban J connectivity index is 2.12. The molecule has 2 rings (SSSR count). The van der Waals surface area contributed by atoms with Crippen molar-refractivity contribution in [2.75, 3.05) is 5.32 Å². The number of halogens is 3. The van der Waals surface area contributed by atoms with Gasteiger partial charge in [0.1, 0.15) is 5.60 Å². The fraction of sp³-hybridized carbons (Fsp3) is 0.278. The SMILES string of the molecule is [C-]#[N+]c1ccc(NC(=O)[C@@](C)(O)CCc2ccccn2)cc1C(F)(F)F. The number of aryl methyl sites for hydroxylation is 1. The molecule has 1 atom stereocenters. The van der Waals surface area contributed by atoms with Gasteiger partial charge in [0.15, 0.2) is 5.69 Å². The lowest BCUT2D eigenvalue weighted by Crippen LogP contribution is -2.40. The molecule has 0 saturated carbocycles. The molecule has 5 nitrogen and oxygen atoms in total. The van der Waals surface area contributed by atoms with Crippen molar-refractivity contribution >= 4 is 17.3 Å². The van der Waals surface area contributed by atoms with Crippen LogP contribution < -0.4 is 5.32 Å². The molecule has 1 amide bonds. The van der Waals surface area contributed by atoms with E-state index in [4.69, 9.17) is 6.57 Å². The standard InChI is InChI=1S/C18H16F3N3O2/c1-17(26,9-8-12-5-3-4-10-23-12)16(25)24-13-6-7-15(22-2)14(11-13)18(19,20)21/h3-7,10-11,26H,8-9H2,1H3,(H,24,25)/t17-/m0/s1. The van der Waals surface area contributed by atoms with Gasteiger partial charge in [-0.15, -0.1) is 0 Å². The molecule has 0 aliphatic rings. The average Bonchev–Trinajstić information content (AvgIpc) is 2.60. The van der Waals surface area contributed by atoms with Crippen molar-refractivity contribution in [1.29, 1.82) is 0 Å². The number of amides is 1. The van der Waals surface area contributed by atoms with Crippen LogP contribution in [-0.2, 0) is 17.4 Å². The van der Waals surface area contributed by atoms with Crippen LogP contribution in [0.4, 0.5) is 24.5 Å². The van der Waals surface area contributed by atoms with Gasteiger partial charge in [-0.25, -0.2) is 4.85 Å². The molecule has 0 spiro atoms. The molecule has 2 aromatic rings. The topological polar surface area (TPSA) is 66.6 Å². The first-order valence-electron chi connectivity index (χ1n) is 7.66. The quantitative estimate of drug-likeness (QED) is 0.790. The third-order valence-electron chi connectivity index (χ3n) is 3.76. The molecule has 2 N–H and O–H groups in total. The Hall–Kier alpha value is -2.92. The molecule has 0 aliphatic heterocycles. The first-order valence-corrected chi connectivity index (χ1v) is 7.66. The van der Waals surface area contributed by atoms with Crippen LogP contribution in [0.5, 0.6) is 0 Å². The van der Waals surface area contributed by atoms with Crippen molar-refractivity contribution in [1.82, 2.24) is 4.98 Å². The summed E-state index contributed by atoms with van der Waals surface area (Å²) in [6, 6.07) is 8.10. The lowest BCUT2D eigenvalue weighted by molar-refractivity contribution is -0.137. The van der Waals surface area contributed by atoms with Gasteiger partial charge in [-0.3, -0.25) is 9.78 Å². The smallest absolute Gasteiger partial charge is 0.380 e. The van der Waals surface area contributed by atoms with Crippen molar-refractivity contribution in [2.24, 2.45) is 0 Å². The number of nitrogens with zero attached hydrogens (tertiary/aromatic N) is 2. The van der Waals surface area contributed by atoms with E-state index in [9.17, 15) is 23.1 Å². The van der Waals surface area contributed by atoms with E-state index in [1.54, 1.807) is 24.4 Å². The van der Waals surface area contributed by atoms with Crippen LogP contribution in [0.3, 0.4) is 0 Å².